The van der Waals surface area contributed by atoms with Crippen LogP contribution in [-0.2, 0) is 6.42 Å². The van der Waals surface area contributed by atoms with E-state index in [2.05, 4.69) is 16.5 Å². The normalized spacial score (nSPS) is 15.3. The number of anilines is 1. The summed E-state index contributed by atoms with van der Waals surface area (Å²) in [6.45, 7) is 0. The molecule has 2 rings (SSSR count). The van der Waals surface area contributed by atoms with Crippen LogP contribution in [0.4, 0.5) is 5.82 Å². The first kappa shape index (κ1) is 6.16. The fourth-order valence-corrected chi connectivity index (χ4v) is 2.34. The van der Waals surface area contributed by atoms with Crippen LogP contribution >= 0.6 is 11.8 Å². The van der Waals surface area contributed by atoms with Crippen molar-refractivity contribution in [3.05, 3.63) is 11.8 Å². The molecule has 0 aromatic carbocycles. The van der Waals surface area contributed by atoms with Gasteiger partial charge < -0.3 is 10.3 Å². The summed E-state index contributed by atoms with van der Waals surface area (Å²) in [5.74, 6) is 2.44. The fourth-order valence-electron chi connectivity index (χ4n) is 1.30. The predicted octanol–water partition coefficient (Wildman–Crippen LogP) is 1.70. The molecule has 1 aromatic heterocycles. The molecule has 0 radical (unpaired) electrons. The fraction of sp³-hybridized carbons (Fsp3) is 0.429. The number of H-pyrrole nitrogens is 1. The zero-order chi connectivity index (χ0) is 6.97. The topological polar surface area (TPSA) is 27.8 Å². The number of aromatic nitrogens is 1. The lowest BCUT2D eigenvalue weighted by atomic mass is 10.2. The molecule has 1 aromatic rings. The van der Waals surface area contributed by atoms with Gasteiger partial charge >= 0.3 is 0 Å². The van der Waals surface area contributed by atoms with Gasteiger partial charge in [0.15, 0.2) is 0 Å². The van der Waals surface area contributed by atoms with Crippen molar-refractivity contribution in [1.82, 2.24) is 4.98 Å². The summed E-state index contributed by atoms with van der Waals surface area (Å²) in [5, 5.41) is 3.14. The molecule has 2 N–H and O–H groups in total. The summed E-state index contributed by atoms with van der Waals surface area (Å²) in [4.78, 5) is 4.61. The van der Waals surface area contributed by atoms with Gasteiger partial charge in [0.05, 0.1) is 0 Å². The number of nitrogens with one attached hydrogen (secondary N) is 2. The van der Waals surface area contributed by atoms with Crippen LogP contribution in [0.3, 0.4) is 0 Å². The highest BCUT2D eigenvalue weighted by Crippen LogP contribution is 2.35. The molecule has 1 aliphatic rings. The van der Waals surface area contributed by atoms with Crippen LogP contribution in [0.25, 0.3) is 0 Å². The van der Waals surface area contributed by atoms with E-state index in [4.69, 9.17) is 0 Å². The molecule has 0 fully saturated rings. The van der Waals surface area contributed by atoms with Crippen LogP contribution in [-0.4, -0.2) is 17.8 Å². The molecule has 1 aliphatic heterocycles. The SMILES string of the molecule is CNc1[nH]cc2c1CCS2. The molecular formula is C7H10N2S. The van der Waals surface area contributed by atoms with Gasteiger partial charge in [-0.25, -0.2) is 0 Å². The van der Waals surface area contributed by atoms with E-state index in [0.29, 0.717) is 0 Å². The van der Waals surface area contributed by atoms with Gasteiger partial charge in [-0.05, 0) is 6.42 Å². The Hall–Kier alpha value is -0.570. The Morgan fingerprint density at radius 1 is 1.70 bits per heavy atom. The first-order valence-electron chi connectivity index (χ1n) is 3.42. The molecule has 0 amide bonds. The minimum absolute atomic E-state index is 1.19. The molecule has 10 heavy (non-hydrogen) atoms. The van der Waals surface area contributed by atoms with Crippen molar-refractivity contribution in [1.29, 1.82) is 0 Å². The average molecular weight is 154 g/mol. The molecule has 0 atom stereocenters. The Kier molecular flexibility index (Phi) is 1.38. The molecule has 0 bridgehead atoms. The summed E-state index contributed by atoms with van der Waals surface area (Å²) in [6.07, 6.45) is 3.29. The van der Waals surface area contributed by atoms with Gasteiger partial charge in [-0.15, -0.1) is 11.8 Å². The molecule has 3 heteroatoms. The molecule has 2 heterocycles. The maximum atomic E-state index is 3.19. The highest BCUT2D eigenvalue weighted by molar-refractivity contribution is 7.99. The highest BCUT2D eigenvalue weighted by Gasteiger charge is 2.15. The van der Waals surface area contributed by atoms with E-state index in [1.165, 1.54) is 28.5 Å². The second-order valence-corrected chi connectivity index (χ2v) is 3.49. The van der Waals surface area contributed by atoms with Gasteiger partial charge in [0.2, 0.25) is 0 Å². The van der Waals surface area contributed by atoms with E-state index in [-0.39, 0.29) is 0 Å². The van der Waals surface area contributed by atoms with E-state index in [0.717, 1.165) is 0 Å². The molecule has 2 nitrogen and oxygen atoms in total. The Morgan fingerprint density at radius 2 is 2.60 bits per heavy atom. The smallest absolute Gasteiger partial charge is 0.107 e. The second-order valence-electron chi connectivity index (χ2n) is 2.35. The molecule has 0 saturated heterocycles. The highest BCUT2D eigenvalue weighted by atomic mass is 32.2. The minimum atomic E-state index is 1.19. The minimum Gasteiger partial charge on any atom is -0.374 e. The molecule has 0 aliphatic carbocycles. The Bertz CT molecular complexity index is 242. The van der Waals surface area contributed by atoms with Crippen LogP contribution in [0.5, 0.6) is 0 Å². The summed E-state index contributed by atoms with van der Waals surface area (Å²) in [5.41, 5.74) is 1.47. The zero-order valence-electron chi connectivity index (χ0n) is 5.90. The van der Waals surface area contributed by atoms with Crippen molar-refractivity contribution in [2.24, 2.45) is 0 Å². The number of hydrogen-bond acceptors (Lipinski definition) is 2. The first-order valence-corrected chi connectivity index (χ1v) is 4.41. The lowest BCUT2D eigenvalue weighted by molar-refractivity contribution is 1.16. The predicted molar refractivity (Wildman–Crippen MR) is 44.8 cm³/mol. The molecule has 0 spiro atoms. The maximum Gasteiger partial charge on any atom is 0.107 e. The zero-order valence-corrected chi connectivity index (χ0v) is 6.72. The number of thioether (sulfide) groups is 1. The maximum absolute atomic E-state index is 3.19. The number of hydrogen-bond donors (Lipinski definition) is 2. The van der Waals surface area contributed by atoms with Crippen molar-refractivity contribution in [3.8, 4) is 0 Å². The average Bonchev–Trinajstić information content (AvgIpc) is 2.44. The van der Waals surface area contributed by atoms with Crippen molar-refractivity contribution in [3.63, 3.8) is 0 Å². The summed E-state index contributed by atoms with van der Waals surface area (Å²) in [6, 6.07) is 0. The third-order valence-electron chi connectivity index (χ3n) is 1.81. The Labute approximate surface area is 64.4 Å². The van der Waals surface area contributed by atoms with E-state index in [1.807, 2.05) is 18.8 Å². The standard InChI is InChI=1S/C7H10N2S/c1-8-7-5-2-3-10-6(5)4-9-7/h4,8-9H,2-3H2,1H3. The van der Waals surface area contributed by atoms with Crippen LogP contribution in [0.1, 0.15) is 5.56 Å². The van der Waals surface area contributed by atoms with Crippen LogP contribution in [0.2, 0.25) is 0 Å². The lowest BCUT2D eigenvalue weighted by Crippen LogP contribution is -1.91. The Morgan fingerprint density at radius 3 is 3.40 bits per heavy atom. The third kappa shape index (κ3) is 0.736. The third-order valence-corrected chi connectivity index (χ3v) is 2.89. The molecule has 0 saturated carbocycles. The van der Waals surface area contributed by atoms with E-state index in [1.54, 1.807) is 0 Å². The molecule has 54 valence electrons. The van der Waals surface area contributed by atoms with E-state index >= 15 is 0 Å². The van der Waals surface area contributed by atoms with Crippen LogP contribution in [0.15, 0.2) is 11.1 Å². The number of fused-ring (bicyclic) bond motifs is 1. The van der Waals surface area contributed by atoms with Crippen LogP contribution < -0.4 is 5.32 Å². The van der Waals surface area contributed by atoms with Gasteiger partial charge in [-0.2, -0.15) is 0 Å². The summed E-state index contributed by atoms with van der Waals surface area (Å²) >= 11 is 1.93. The van der Waals surface area contributed by atoms with Crippen molar-refractivity contribution in [2.75, 3.05) is 18.1 Å². The molecule has 0 unspecified atom stereocenters. The van der Waals surface area contributed by atoms with Crippen LogP contribution in [0, 0.1) is 0 Å². The quantitative estimate of drug-likeness (QED) is 0.644. The van der Waals surface area contributed by atoms with Crippen molar-refractivity contribution < 1.29 is 0 Å². The first-order chi connectivity index (χ1) is 4.92. The summed E-state index contributed by atoms with van der Waals surface area (Å²) in [7, 11) is 1.95. The van der Waals surface area contributed by atoms with Crippen molar-refractivity contribution in [2.45, 2.75) is 11.3 Å². The monoisotopic (exact) mass is 154 g/mol. The van der Waals surface area contributed by atoms with Crippen molar-refractivity contribution >= 4 is 17.6 Å². The van der Waals surface area contributed by atoms with Gasteiger partial charge in [-0.3, -0.25) is 0 Å². The lowest BCUT2D eigenvalue weighted by Gasteiger charge is -1.96. The van der Waals surface area contributed by atoms with Gasteiger partial charge in [0.1, 0.15) is 5.82 Å². The summed E-state index contributed by atoms with van der Waals surface area (Å²) < 4.78 is 0. The largest absolute Gasteiger partial charge is 0.374 e. The number of rotatable bonds is 1. The molecular weight excluding hydrogens is 144 g/mol. The van der Waals surface area contributed by atoms with E-state index < -0.39 is 0 Å². The second kappa shape index (κ2) is 2.23. The van der Waals surface area contributed by atoms with E-state index in [9.17, 15) is 0 Å². The number of aromatic amines is 1. The Balaban J connectivity index is 2.44. The van der Waals surface area contributed by atoms with Gasteiger partial charge in [0.25, 0.3) is 0 Å². The van der Waals surface area contributed by atoms with Gasteiger partial charge in [0, 0.05) is 29.5 Å². The van der Waals surface area contributed by atoms with Gasteiger partial charge in [-0.1, -0.05) is 0 Å².